The highest BCUT2D eigenvalue weighted by Gasteiger charge is 2.33. The van der Waals surface area contributed by atoms with Crippen molar-refractivity contribution in [3.05, 3.63) is 95.1 Å². The zero-order chi connectivity index (χ0) is 27.9. The SMILES string of the molecule is CCNC(=O)C(CC)N(Cc1cccc(C)c1)C(=O)CN(c1cc(C)cc(C)c1)S(=O)(=O)c1ccccc1. The van der Waals surface area contributed by atoms with E-state index in [4.69, 9.17) is 0 Å². The number of amides is 2. The molecule has 1 atom stereocenters. The monoisotopic (exact) mass is 535 g/mol. The smallest absolute Gasteiger partial charge is 0.264 e. The summed E-state index contributed by atoms with van der Waals surface area (Å²) in [6, 6.07) is 20.5. The second kappa shape index (κ2) is 12.7. The zero-order valence-corrected chi connectivity index (χ0v) is 23.6. The number of aryl methyl sites for hydroxylation is 3. The molecule has 0 aliphatic carbocycles. The number of benzene rings is 3. The second-order valence-electron chi connectivity index (χ2n) is 9.50. The summed E-state index contributed by atoms with van der Waals surface area (Å²) in [5.74, 6) is -0.719. The fourth-order valence-corrected chi connectivity index (χ4v) is 5.98. The molecule has 3 aromatic rings. The van der Waals surface area contributed by atoms with Gasteiger partial charge in [-0.2, -0.15) is 0 Å². The van der Waals surface area contributed by atoms with Crippen LogP contribution < -0.4 is 9.62 Å². The molecular weight excluding hydrogens is 498 g/mol. The highest BCUT2D eigenvalue weighted by atomic mass is 32.2. The summed E-state index contributed by atoms with van der Waals surface area (Å²) >= 11 is 0. The molecule has 3 aromatic carbocycles. The van der Waals surface area contributed by atoms with Gasteiger partial charge in [0, 0.05) is 13.1 Å². The molecule has 0 spiro atoms. The molecule has 202 valence electrons. The maximum atomic E-state index is 14.0. The number of nitrogens with zero attached hydrogens (tertiary/aromatic N) is 2. The Hall–Kier alpha value is -3.65. The van der Waals surface area contributed by atoms with Gasteiger partial charge in [-0.1, -0.05) is 61.0 Å². The van der Waals surface area contributed by atoms with Crippen LogP contribution in [0.3, 0.4) is 0 Å². The molecule has 38 heavy (non-hydrogen) atoms. The van der Waals surface area contributed by atoms with Crippen LogP contribution >= 0.6 is 0 Å². The Labute approximate surface area is 226 Å². The summed E-state index contributed by atoms with van der Waals surface area (Å²) in [5, 5.41) is 2.82. The van der Waals surface area contributed by atoms with Gasteiger partial charge in [-0.05, 0) is 75.1 Å². The van der Waals surface area contributed by atoms with Crippen molar-refractivity contribution in [3.63, 3.8) is 0 Å². The van der Waals surface area contributed by atoms with E-state index in [9.17, 15) is 18.0 Å². The Morgan fingerprint density at radius 2 is 1.50 bits per heavy atom. The lowest BCUT2D eigenvalue weighted by Crippen LogP contribution is -2.52. The number of hydrogen-bond acceptors (Lipinski definition) is 4. The van der Waals surface area contributed by atoms with E-state index in [1.54, 1.807) is 30.3 Å². The van der Waals surface area contributed by atoms with Crippen molar-refractivity contribution < 1.29 is 18.0 Å². The van der Waals surface area contributed by atoms with Crippen molar-refractivity contribution in [2.24, 2.45) is 0 Å². The summed E-state index contributed by atoms with van der Waals surface area (Å²) in [6.07, 6.45) is 0.387. The van der Waals surface area contributed by atoms with Gasteiger partial charge in [0.25, 0.3) is 10.0 Å². The van der Waals surface area contributed by atoms with Gasteiger partial charge in [0.15, 0.2) is 0 Å². The van der Waals surface area contributed by atoms with E-state index in [0.717, 1.165) is 26.6 Å². The van der Waals surface area contributed by atoms with Crippen LogP contribution in [0.2, 0.25) is 0 Å². The summed E-state index contributed by atoms with van der Waals surface area (Å²) < 4.78 is 28.9. The van der Waals surface area contributed by atoms with Crippen molar-refractivity contribution in [2.75, 3.05) is 17.4 Å². The van der Waals surface area contributed by atoms with Crippen LogP contribution in [0.15, 0.2) is 77.7 Å². The van der Waals surface area contributed by atoms with Gasteiger partial charge in [-0.15, -0.1) is 0 Å². The van der Waals surface area contributed by atoms with Crippen molar-refractivity contribution in [1.82, 2.24) is 10.2 Å². The Morgan fingerprint density at radius 3 is 2.08 bits per heavy atom. The first-order chi connectivity index (χ1) is 18.1. The number of rotatable bonds is 11. The quantitative estimate of drug-likeness (QED) is 0.384. The average molecular weight is 536 g/mol. The minimum atomic E-state index is -4.07. The van der Waals surface area contributed by atoms with Gasteiger partial charge in [-0.25, -0.2) is 8.42 Å². The van der Waals surface area contributed by atoms with E-state index >= 15 is 0 Å². The summed E-state index contributed by atoms with van der Waals surface area (Å²) in [7, 11) is -4.07. The number of sulfonamides is 1. The topological polar surface area (TPSA) is 86.8 Å². The molecule has 0 fully saturated rings. The third-order valence-corrected chi connectivity index (χ3v) is 8.06. The van der Waals surface area contributed by atoms with Gasteiger partial charge in [0.05, 0.1) is 10.6 Å². The molecule has 0 heterocycles. The van der Waals surface area contributed by atoms with E-state index < -0.39 is 28.5 Å². The van der Waals surface area contributed by atoms with E-state index in [-0.39, 0.29) is 17.3 Å². The van der Waals surface area contributed by atoms with E-state index in [0.29, 0.717) is 18.7 Å². The van der Waals surface area contributed by atoms with Crippen LogP contribution in [0.5, 0.6) is 0 Å². The molecule has 3 rings (SSSR count). The lowest BCUT2D eigenvalue weighted by molar-refractivity contribution is -0.140. The first-order valence-electron chi connectivity index (χ1n) is 12.9. The van der Waals surface area contributed by atoms with Crippen LogP contribution in [0.1, 0.15) is 42.5 Å². The van der Waals surface area contributed by atoms with Crippen LogP contribution in [0, 0.1) is 20.8 Å². The fourth-order valence-electron chi connectivity index (χ4n) is 4.56. The lowest BCUT2D eigenvalue weighted by Gasteiger charge is -2.33. The minimum Gasteiger partial charge on any atom is -0.355 e. The Morgan fingerprint density at radius 1 is 0.842 bits per heavy atom. The third kappa shape index (κ3) is 7.01. The van der Waals surface area contributed by atoms with Crippen molar-refractivity contribution in [1.29, 1.82) is 0 Å². The summed E-state index contributed by atoms with van der Waals surface area (Å²) in [6.45, 7) is 9.58. The molecule has 0 saturated heterocycles. The number of anilines is 1. The molecule has 7 nitrogen and oxygen atoms in total. The number of carbonyl (C=O) groups excluding carboxylic acids is 2. The Balaban J connectivity index is 2.08. The first-order valence-corrected chi connectivity index (χ1v) is 14.3. The van der Waals surface area contributed by atoms with Crippen molar-refractivity contribution in [2.45, 2.75) is 58.5 Å². The highest BCUT2D eigenvalue weighted by Crippen LogP contribution is 2.27. The molecule has 0 saturated carbocycles. The van der Waals surface area contributed by atoms with Gasteiger partial charge >= 0.3 is 0 Å². The maximum Gasteiger partial charge on any atom is 0.264 e. The summed E-state index contributed by atoms with van der Waals surface area (Å²) in [4.78, 5) is 28.6. The molecule has 0 aliphatic heterocycles. The second-order valence-corrected chi connectivity index (χ2v) is 11.4. The van der Waals surface area contributed by atoms with E-state index in [2.05, 4.69) is 5.32 Å². The number of nitrogens with one attached hydrogen (secondary N) is 1. The number of likely N-dealkylation sites (N-methyl/N-ethyl adjacent to an activating group) is 1. The van der Waals surface area contributed by atoms with Crippen molar-refractivity contribution >= 4 is 27.5 Å². The minimum absolute atomic E-state index is 0.0907. The molecule has 0 bridgehead atoms. The predicted molar refractivity (Wildman–Crippen MR) is 151 cm³/mol. The molecule has 2 amide bonds. The third-order valence-electron chi connectivity index (χ3n) is 6.28. The van der Waals surface area contributed by atoms with Gasteiger partial charge in [0.2, 0.25) is 11.8 Å². The molecule has 0 radical (unpaired) electrons. The standard InChI is InChI=1S/C30H37N3O4S/c1-6-28(30(35)31-7-2)32(20-25-13-11-12-22(3)17-25)29(34)21-33(26-18-23(4)16-24(5)19-26)38(36,37)27-14-9-8-10-15-27/h8-19,28H,6-7,20-21H2,1-5H3,(H,31,35). The normalized spacial score (nSPS) is 12.0. The summed E-state index contributed by atoms with van der Waals surface area (Å²) in [5.41, 5.74) is 4.06. The predicted octanol–water partition coefficient (Wildman–Crippen LogP) is 4.75. The maximum absolute atomic E-state index is 14.0. The Kier molecular flexibility index (Phi) is 9.69. The number of carbonyl (C=O) groups is 2. The van der Waals surface area contributed by atoms with Crippen LogP contribution in [-0.2, 0) is 26.2 Å². The molecular formula is C30H37N3O4S. The molecule has 1 unspecified atom stereocenters. The average Bonchev–Trinajstić information content (AvgIpc) is 2.87. The first kappa shape index (κ1) is 28.9. The molecule has 0 aliphatic rings. The van der Waals surface area contributed by atoms with Crippen LogP contribution in [0.4, 0.5) is 5.69 Å². The van der Waals surface area contributed by atoms with Crippen LogP contribution in [0.25, 0.3) is 0 Å². The van der Waals surface area contributed by atoms with Gasteiger partial charge in [0.1, 0.15) is 12.6 Å². The molecule has 0 aromatic heterocycles. The zero-order valence-electron chi connectivity index (χ0n) is 22.8. The molecule has 8 heteroatoms. The Bertz CT molecular complexity index is 1350. The number of hydrogen-bond donors (Lipinski definition) is 1. The molecule has 1 N–H and O–H groups in total. The van der Waals surface area contributed by atoms with Crippen molar-refractivity contribution in [3.8, 4) is 0 Å². The van der Waals surface area contributed by atoms with E-state index in [1.165, 1.54) is 17.0 Å². The van der Waals surface area contributed by atoms with Gasteiger partial charge in [-0.3, -0.25) is 13.9 Å². The van der Waals surface area contributed by atoms with Gasteiger partial charge < -0.3 is 10.2 Å². The fraction of sp³-hybridized carbons (Fsp3) is 0.333. The largest absolute Gasteiger partial charge is 0.355 e. The highest BCUT2D eigenvalue weighted by molar-refractivity contribution is 7.92. The van der Waals surface area contributed by atoms with E-state index in [1.807, 2.05) is 65.0 Å². The lowest BCUT2D eigenvalue weighted by atomic mass is 10.1. The van der Waals surface area contributed by atoms with Crippen LogP contribution in [-0.4, -0.2) is 44.3 Å².